The molecule has 0 saturated heterocycles. The van der Waals surface area contributed by atoms with E-state index in [4.69, 9.17) is 9.47 Å². The maximum Gasteiger partial charge on any atom is 0.249 e. The number of nitrogens with one attached hydrogen (secondary N) is 2. The number of anilines is 4. The quantitative estimate of drug-likeness (QED) is 0.695. The van der Waals surface area contributed by atoms with Gasteiger partial charge in [0.05, 0.1) is 26.1 Å². The Morgan fingerprint density at radius 1 is 0.885 bits per heavy atom. The predicted molar refractivity (Wildman–Crippen MR) is 102 cm³/mol. The topological polar surface area (TPSA) is 81.2 Å². The van der Waals surface area contributed by atoms with Crippen LogP contribution in [-0.4, -0.2) is 29.4 Å². The van der Waals surface area contributed by atoms with E-state index in [9.17, 15) is 0 Å². The Bertz CT molecular complexity index is 914. The van der Waals surface area contributed by atoms with Crippen molar-refractivity contribution >= 4 is 23.1 Å². The normalized spacial score (nSPS) is 10.3. The minimum atomic E-state index is 0.403. The van der Waals surface area contributed by atoms with E-state index in [0.717, 1.165) is 11.4 Å². The molecule has 26 heavy (non-hydrogen) atoms. The molecular formula is C19H21N5O2. The van der Waals surface area contributed by atoms with Crippen molar-refractivity contribution in [1.29, 1.82) is 0 Å². The fourth-order valence-electron chi connectivity index (χ4n) is 2.41. The van der Waals surface area contributed by atoms with Gasteiger partial charge in [-0.15, -0.1) is 5.10 Å². The Balaban J connectivity index is 1.82. The highest BCUT2D eigenvalue weighted by Gasteiger charge is 2.08. The van der Waals surface area contributed by atoms with Gasteiger partial charge in [0.15, 0.2) is 5.82 Å². The van der Waals surface area contributed by atoms with Crippen molar-refractivity contribution in [2.45, 2.75) is 13.8 Å². The summed E-state index contributed by atoms with van der Waals surface area (Å²) in [7, 11) is 3.22. The number of aromatic nitrogens is 3. The van der Waals surface area contributed by atoms with Gasteiger partial charge in [-0.05, 0) is 49.2 Å². The molecule has 3 aromatic rings. The lowest BCUT2D eigenvalue weighted by atomic mass is 10.1. The van der Waals surface area contributed by atoms with Crippen LogP contribution in [0.2, 0.25) is 0 Å². The molecule has 0 aliphatic rings. The van der Waals surface area contributed by atoms with E-state index < -0.39 is 0 Å². The largest absolute Gasteiger partial charge is 0.497 e. The first-order valence-electron chi connectivity index (χ1n) is 8.12. The van der Waals surface area contributed by atoms with Crippen LogP contribution in [0, 0.1) is 13.8 Å². The van der Waals surface area contributed by atoms with Crippen LogP contribution in [0.1, 0.15) is 11.1 Å². The molecule has 1 aromatic heterocycles. The molecule has 0 aliphatic heterocycles. The van der Waals surface area contributed by atoms with Crippen molar-refractivity contribution in [3.8, 4) is 11.5 Å². The lowest BCUT2D eigenvalue weighted by Crippen LogP contribution is -2.03. The molecule has 2 aromatic carbocycles. The van der Waals surface area contributed by atoms with Gasteiger partial charge in [0.25, 0.3) is 0 Å². The van der Waals surface area contributed by atoms with Gasteiger partial charge < -0.3 is 20.1 Å². The molecule has 0 amide bonds. The molecular weight excluding hydrogens is 330 g/mol. The van der Waals surface area contributed by atoms with Gasteiger partial charge in [-0.2, -0.15) is 10.1 Å². The van der Waals surface area contributed by atoms with E-state index in [1.54, 1.807) is 20.4 Å². The zero-order chi connectivity index (χ0) is 18.5. The fourth-order valence-corrected chi connectivity index (χ4v) is 2.41. The second kappa shape index (κ2) is 7.69. The van der Waals surface area contributed by atoms with Gasteiger partial charge in [0.2, 0.25) is 5.95 Å². The van der Waals surface area contributed by atoms with Gasteiger partial charge in [-0.25, -0.2) is 0 Å². The van der Waals surface area contributed by atoms with Crippen LogP contribution in [0.5, 0.6) is 11.5 Å². The highest BCUT2D eigenvalue weighted by atomic mass is 16.5. The van der Waals surface area contributed by atoms with Gasteiger partial charge in [0.1, 0.15) is 11.5 Å². The lowest BCUT2D eigenvalue weighted by molar-refractivity contribution is 0.405. The maximum absolute atomic E-state index is 5.37. The van der Waals surface area contributed by atoms with Crippen LogP contribution in [0.15, 0.2) is 42.6 Å². The third kappa shape index (κ3) is 4.00. The standard InChI is InChI=1S/C19H21N5O2/c1-12-5-6-14(9-13(12)2)21-19-23-18(11-20-24-19)22-16-10-15(25-3)7-8-17(16)26-4/h5-11H,1-4H3,(H2,21,22,23,24). The smallest absolute Gasteiger partial charge is 0.249 e. The molecule has 134 valence electrons. The highest BCUT2D eigenvalue weighted by molar-refractivity contribution is 5.66. The Morgan fingerprint density at radius 3 is 2.46 bits per heavy atom. The zero-order valence-electron chi connectivity index (χ0n) is 15.2. The van der Waals surface area contributed by atoms with Crippen molar-refractivity contribution in [2.75, 3.05) is 24.9 Å². The molecule has 2 N–H and O–H groups in total. The summed E-state index contributed by atoms with van der Waals surface area (Å²) in [5, 5.41) is 14.4. The molecule has 0 aliphatic carbocycles. The molecule has 0 bridgehead atoms. The average Bonchev–Trinajstić information content (AvgIpc) is 2.65. The monoisotopic (exact) mass is 351 g/mol. The number of nitrogens with zero attached hydrogens (tertiary/aromatic N) is 3. The Morgan fingerprint density at radius 2 is 1.73 bits per heavy atom. The van der Waals surface area contributed by atoms with Crippen molar-refractivity contribution in [3.63, 3.8) is 0 Å². The summed E-state index contributed by atoms with van der Waals surface area (Å²) < 4.78 is 10.6. The van der Waals surface area contributed by atoms with Crippen LogP contribution in [0.4, 0.5) is 23.1 Å². The third-order valence-corrected chi connectivity index (χ3v) is 3.99. The summed E-state index contributed by atoms with van der Waals surface area (Å²) >= 11 is 0. The van der Waals surface area contributed by atoms with Crippen molar-refractivity contribution in [3.05, 3.63) is 53.7 Å². The first-order chi connectivity index (χ1) is 12.6. The molecule has 0 radical (unpaired) electrons. The molecule has 3 rings (SSSR count). The number of aryl methyl sites for hydroxylation is 2. The first kappa shape index (κ1) is 17.5. The number of ether oxygens (including phenoxy) is 2. The van der Waals surface area contributed by atoms with Crippen LogP contribution < -0.4 is 20.1 Å². The van der Waals surface area contributed by atoms with Crippen molar-refractivity contribution in [2.24, 2.45) is 0 Å². The SMILES string of the molecule is COc1ccc(OC)c(Nc2cnnc(Nc3ccc(C)c(C)c3)n2)c1. The van der Waals surface area contributed by atoms with E-state index in [0.29, 0.717) is 23.3 Å². The summed E-state index contributed by atoms with van der Waals surface area (Å²) in [4.78, 5) is 4.45. The summed E-state index contributed by atoms with van der Waals surface area (Å²) in [6.45, 7) is 4.13. The maximum atomic E-state index is 5.37. The van der Waals surface area contributed by atoms with Crippen molar-refractivity contribution in [1.82, 2.24) is 15.2 Å². The number of hydrogen-bond donors (Lipinski definition) is 2. The molecule has 0 spiro atoms. The second-order valence-electron chi connectivity index (χ2n) is 5.78. The van der Waals surface area contributed by atoms with Crippen LogP contribution >= 0.6 is 0 Å². The Labute approximate surface area is 152 Å². The predicted octanol–water partition coefficient (Wildman–Crippen LogP) is 3.99. The van der Waals surface area contributed by atoms with Gasteiger partial charge >= 0.3 is 0 Å². The summed E-state index contributed by atoms with van der Waals surface area (Å²) in [5.41, 5.74) is 4.06. The molecule has 0 atom stereocenters. The number of rotatable bonds is 6. The average molecular weight is 351 g/mol. The van der Waals surface area contributed by atoms with Gasteiger partial charge in [-0.3, -0.25) is 0 Å². The van der Waals surface area contributed by atoms with E-state index in [-0.39, 0.29) is 0 Å². The Kier molecular flexibility index (Phi) is 5.17. The zero-order valence-corrected chi connectivity index (χ0v) is 15.2. The van der Waals surface area contributed by atoms with Crippen LogP contribution in [-0.2, 0) is 0 Å². The molecule has 0 fully saturated rings. The summed E-state index contributed by atoms with van der Waals surface area (Å²) in [5.74, 6) is 2.33. The number of benzene rings is 2. The molecule has 0 unspecified atom stereocenters. The van der Waals surface area contributed by atoms with E-state index >= 15 is 0 Å². The van der Waals surface area contributed by atoms with E-state index in [1.807, 2.05) is 36.4 Å². The molecule has 7 nitrogen and oxygen atoms in total. The fraction of sp³-hybridized carbons (Fsp3) is 0.211. The molecule has 1 heterocycles. The Hall–Kier alpha value is -3.35. The van der Waals surface area contributed by atoms with Crippen LogP contribution in [0.3, 0.4) is 0 Å². The first-order valence-corrected chi connectivity index (χ1v) is 8.12. The molecule has 7 heteroatoms. The summed E-state index contributed by atoms with van der Waals surface area (Å²) in [6, 6.07) is 11.6. The van der Waals surface area contributed by atoms with Crippen LogP contribution in [0.25, 0.3) is 0 Å². The number of hydrogen-bond acceptors (Lipinski definition) is 7. The minimum Gasteiger partial charge on any atom is -0.497 e. The summed E-state index contributed by atoms with van der Waals surface area (Å²) in [6.07, 6.45) is 1.55. The number of methoxy groups -OCH3 is 2. The van der Waals surface area contributed by atoms with Gasteiger partial charge in [-0.1, -0.05) is 6.07 Å². The lowest BCUT2D eigenvalue weighted by Gasteiger charge is -2.12. The molecule has 0 saturated carbocycles. The van der Waals surface area contributed by atoms with E-state index in [2.05, 4.69) is 39.7 Å². The highest BCUT2D eigenvalue weighted by Crippen LogP contribution is 2.31. The minimum absolute atomic E-state index is 0.403. The second-order valence-corrected chi connectivity index (χ2v) is 5.78. The van der Waals surface area contributed by atoms with Gasteiger partial charge in [0, 0.05) is 11.8 Å². The van der Waals surface area contributed by atoms with E-state index in [1.165, 1.54) is 11.1 Å². The van der Waals surface area contributed by atoms with Crippen molar-refractivity contribution < 1.29 is 9.47 Å². The third-order valence-electron chi connectivity index (χ3n) is 3.99.